The molecule has 4 nitrogen and oxygen atoms in total. The van der Waals surface area contributed by atoms with Crippen molar-refractivity contribution in [1.29, 1.82) is 0 Å². The fourth-order valence-electron chi connectivity index (χ4n) is 1.36. The van der Waals surface area contributed by atoms with Gasteiger partial charge in [0.05, 0.1) is 5.75 Å². The smallest absolute Gasteiger partial charge is 0.214 e. The summed E-state index contributed by atoms with van der Waals surface area (Å²) in [6.07, 6.45) is 1.60. The summed E-state index contributed by atoms with van der Waals surface area (Å²) in [5.41, 5.74) is 0. The van der Waals surface area contributed by atoms with Crippen molar-refractivity contribution in [3.63, 3.8) is 0 Å². The van der Waals surface area contributed by atoms with E-state index in [9.17, 15) is 12.6 Å². The van der Waals surface area contributed by atoms with Crippen molar-refractivity contribution < 1.29 is 12.6 Å². The zero-order chi connectivity index (χ0) is 10.6. The van der Waals surface area contributed by atoms with Gasteiger partial charge in [-0.1, -0.05) is 13.3 Å². The summed E-state index contributed by atoms with van der Waals surface area (Å²) in [6.45, 7) is 2.83. The van der Waals surface area contributed by atoms with E-state index >= 15 is 0 Å². The van der Waals surface area contributed by atoms with E-state index in [4.69, 9.17) is 0 Å². The molecule has 1 rings (SSSR count). The molecule has 1 aliphatic heterocycles. The lowest BCUT2D eigenvalue weighted by Gasteiger charge is -2.25. The van der Waals surface area contributed by atoms with Gasteiger partial charge in [-0.15, -0.1) is 0 Å². The Morgan fingerprint density at radius 3 is 2.36 bits per heavy atom. The first kappa shape index (κ1) is 12.1. The zero-order valence-corrected chi connectivity index (χ0v) is 10.1. The average Bonchev–Trinajstić information content (AvgIpc) is 2.16. The zero-order valence-electron chi connectivity index (χ0n) is 8.44. The van der Waals surface area contributed by atoms with Gasteiger partial charge >= 0.3 is 0 Å². The van der Waals surface area contributed by atoms with Crippen molar-refractivity contribution in [2.24, 2.45) is 0 Å². The standard InChI is InChI=1S/C8H17NO3S2/c1-2-3-8-14(11,12)9-4-6-13(10)7-5-9/h2-8H2,1H3. The third-order valence-electron chi connectivity index (χ3n) is 2.29. The monoisotopic (exact) mass is 239 g/mol. The first-order valence-corrected chi connectivity index (χ1v) is 7.99. The van der Waals surface area contributed by atoms with E-state index in [1.165, 1.54) is 4.31 Å². The maximum atomic E-state index is 11.7. The van der Waals surface area contributed by atoms with Crippen LogP contribution >= 0.6 is 0 Å². The van der Waals surface area contributed by atoms with E-state index in [-0.39, 0.29) is 5.75 Å². The Labute approximate surface area is 88.2 Å². The Bertz CT molecular complexity index is 290. The summed E-state index contributed by atoms with van der Waals surface area (Å²) in [7, 11) is -3.88. The van der Waals surface area contributed by atoms with E-state index in [2.05, 4.69) is 0 Å². The van der Waals surface area contributed by atoms with E-state index in [1.807, 2.05) is 6.92 Å². The van der Waals surface area contributed by atoms with Crippen LogP contribution in [0.5, 0.6) is 0 Å². The Morgan fingerprint density at radius 1 is 1.29 bits per heavy atom. The highest BCUT2D eigenvalue weighted by Crippen LogP contribution is 2.08. The number of unbranched alkanes of at least 4 members (excludes halogenated alkanes) is 1. The largest absolute Gasteiger partial charge is 0.259 e. The van der Waals surface area contributed by atoms with Gasteiger partial charge in [0.25, 0.3) is 0 Å². The lowest BCUT2D eigenvalue weighted by molar-refractivity contribution is 0.437. The van der Waals surface area contributed by atoms with E-state index in [0.717, 1.165) is 6.42 Å². The molecule has 1 aliphatic rings. The molecule has 0 bridgehead atoms. The van der Waals surface area contributed by atoms with E-state index in [1.54, 1.807) is 0 Å². The second-order valence-corrected chi connectivity index (χ2v) is 7.20. The number of hydrogen-bond donors (Lipinski definition) is 0. The molecule has 1 saturated heterocycles. The first-order chi connectivity index (χ1) is 6.56. The van der Waals surface area contributed by atoms with Crippen LogP contribution in [0.25, 0.3) is 0 Å². The lowest BCUT2D eigenvalue weighted by Crippen LogP contribution is -2.42. The number of rotatable bonds is 4. The van der Waals surface area contributed by atoms with Gasteiger partial charge in [-0.3, -0.25) is 4.21 Å². The highest BCUT2D eigenvalue weighted by atomic mass is 32.2. The van der Waals surface area contributed by atoms with Gasteiger partial charge in [-0.2, -0.15) is 0 Å². The molecule has 0 aromatic carbocycles. The van der Waals surface area contributed by atoms with Crippen LogP contribution in [-0.4, -0.2) is 47.3 Å². The summed E-state index contributed by atoms with van der Waals surface area (Å²) in [4.78, 5) is 0. The molecular formula is C8H17NO3S2. The molecule has 0 radical (unpaired) electrons. The molecule has 0 amide bonds. The molecule has 0 aromatic heterocycles. The minimum Gasteiger partial charge on any atom is -0.259 e. The topological polar surface area (TPSA) is 54.5 Å². The van der Waals surface area contributed by atoms with Gasteiger partial charge in [0.15, 0.2) is 0 Å². The minimum atomic E-state index is -3.07. The third-order valence-corrected chi connectivity index (χ3v) is 5.52. The van der Waals surface area contributed by atoms with Crippen molar-refractivity contribution in [3.8, 4) is 0 Å². The van der Waals surface area contributed by atoms with Crippen LogP contribution in [0.3, 0.4) is 0 Å². The molecule has 0 aliphatic carbocycles. The van der Waals surface area contributed by atoms with Crippen LogP contribution in [0.4, 0.5) is 0 Å². The number of sulfonamides is 1. The highest BCUT2D eigenvalue weighted by molar-refractivity contribution is 7.89. The van der Waals surface area contributed by atoms with Crippen LogP contribution in [0.15, 0.2) is 0 Å². The van der Waals surface area contributed by atoms with Gasteiger partial charge in [0, 0.05) is 35.4 Å². The molecule has 6 heteroatoms. The quantitative estimate of drug-likeness (QED) is 0.703. The molecule has 0 unspecified atom stereocenters. The second-order valence-electron chi connectivity index (χ2n) is 3.42. The highest BCUT2D eigenvalue weighted by Gasteiger charge is 2.25. The van der Waals surface area contributed by atoms with Crippen LogP contribution < -0.4 is 0 Å². The van der Waals surface area contributed by atoms with Crippen molar-refractivity contribution in [2.75, 3.05) is 30.3 Å². The fraction of sp³-hybridized carbons (Fsp3) is 1.00. The Balaban J connectivity index is 2.51. The first-order valence-electron chi connectivity index (χ1n) is 4.89. The Morgan fingerprint density at radius 2 is 1.86 bits per heavy atom. The van der Waals surface area contributed by atoms with Crippen molar-refractivity contribution in [1.82, 2.24) is 4.31 Å². The van der Waals surface area contributed by atoms with Crippen LogP contribution in [0.2, 0.25) is 0 Å². The predicted molar refractivity (Wildman–Crippen MR) is 58.1 cm³/mol. The van der Waals surface area contributed by atoms with Crippen molar-refractivity contribution >= 4 is 20.8 Å². The molecule has 1 fully saturated rings. The molecule has 1 heterocycles. The second kappa shape index (κ2) is 5.23. The molecule has 14 heavy (non-hydrogen) atoms. The van der Waals surface area contributed by atoms with Crippen LogP contribution in [-0.2, 0) is 20.8 Å². The lowest BCUT2D eigenvalue weighted by atomic mass is 10.4. The predicted octanol–water partition coefficient (Wildman–Crippen LogP) is 0.181. The van der Waals surface area contributed by atoms with Crippen LogP contribution in [0, 0.1) is 0 Å². The maximum Gasteiger partial charge on any atom is 0.214 e. The van der Waals surface area contributed by atoms with Crippen molar-refractivity contribution in [2.45, 2.75) is 19.8 Å². The molecular weight excluding hydrogens is 222 g/mol. The summed E-state index contributed by atoms with van der Waals surface area (Å²) in [5.74, 6) is 1.22. The van der Waals surface area contributed by atoms with E-state index in [0.29, 0.717) is 31.0 Å². The summed E-state index contributed by atoms with van der Waals surface area (Å²) in [6, 6.07) is 0. The van der Waals surface area contributed by atoms with Crippen LogP contribution in [0.1, 0.15) is 19.8 Å². The van der Waals surface area contributed by atoms with Crippen molar-refractivity contribution in [3.05, 3.63) is 0 Å². The molecule has 0 atom stereocenters. The summed E-state index contributed by atoms with van der Waals surface area (Å²) >= 11 is 0. The normalized spacial score (nSPS) is 21.2. The number of hydrogen-bond acceptors (Lipinski definition) is 3. The summed E-state index contributed by atoms with van der Waals surface area (Å²) in [5, 5.41) is 0. The van der Waals surface area contributed by atoms with Gasteiger partial charge in [0.1, 0.15) is 0 Å². The van der Waals surface area contributed by atoms with E-state index < -0.39 is 20.8 Å². The molecule has 0 aromatic rings. The Hall–Kier alpha value is 0.0600. The third kappa shape index (κ3) is 3.33. The molecule has 0 N–H and O–H groups in total. The SMILES string of the molecule is CCCCS(=O)(=O)N1CCS(=O)CC1. The molecule has 0 saturated carbocycles. The van der Waals surface area contributed by atoms with Gasteiger partial charge < -0.3 is 0 Å². The number of nitrogens with zero attached hydrogens (tertiary/aromatic N) is 1. The maximum absolute atomic E-state index is 11.7. The fourth-order valence-corrected chi connectivity index (χ4v) is 4.29. The molecule has 84 valence electrons. The molecule has 0 spiro atoms. The van der Waals surface area contributed by atoms with Gasteiger partial charge in [-0.05, 0) is 6.42 Å². The van der Waals surface area contributed by atoms with Gasteiger partial charge in [0.2, 0.25) is 10.0 Å². The Kier molecular flexibility index (Phi) is 4.53. The minimum absolute atomic E-state index is 0.232. The van der Waals surface area contributed by atoms with Gasteiger partial charge in [-0.25, -0.2) is 12.7 Å². The average molecular weight is 239 g/mol. The summed E-state index contributed by atoms with van der Waals surface area (Å²) < 4.78 is 35.9.